The van der Waals surface area contributed by atoms with Crippen LogP contribution in [0.1, 0.15) is 25.5 Å². The molecule has 4 nitrogen and oxygen atoms in total. The number of halogens is 1. The van der Waals surface area contributed by atoms with E-state index in [1.807, 2.05) is 29.5 Å². The van der Waals surface area contributed by atoms with Gasteiger partial charge in [0.2, 0.25) is 5.95 Å². The highest BCUT2D eigenvalue weighted by Gasteiger charge is 2.22. The zero-order valence-electron chi connectivity index (χ0n) is 7.93. The molecule has 0 atom stereocenters. The lowest BCUT2D eigenvalue weighted by Crippen LogP contribution is -2.18. The van der Waals surface area contributed by atoms with Crippen molar-refractivity contribution in [3.05, 3.63) is 19.6 Å². The van der Waals surface area contributed by atoms with Crippen molar-refractivity contribution in [2.45, 2.75) is 32.2 Å². The second-order valence-corrected chi connectivity index (χ2v) is 4.53. The highest BCUT2D eigenvalue weighted by molar-refractivity contribution is 14.1. The van der Waals surface area contributed by atoms with Gasteiger partial charge in [-0.2, -0.15) is 0 Å². The summed E-state index contributed by atoms with van der Waals surface area (Å²) in [6, 6.07) is 0.517. The quantitative estimate of drug-likeness (QED) is 0.832. The molecule has 1 aromatic heterocycles. The second-order valence-electron chi connectivity index (χ2n) is 3.45. The number of nitrogens with one attached hydrogen (secondary N) is 2. The molecule has 0 bridgehead atoms. The smallest absolute Gasteiger partial charge is 0.265 e. The number of hydrogen-bond acceptors (Lipinski definition) is 3. The van der Waals surface area contributed by atoms with Gasteiger partial charge in [-0.15, -0.1) is 0 Å². The van der Waals surface area contributed by atoms with Gasteiger partial charge in [0, 0.05) is 6.04 Å². The van der Waals surface area contributed by atoms with E-state index in [0.29, 0.717) is 15.6 Å². The molecule has 0 spiro atoms. The van der Waals surface area contributed by atoms with Gasteiger partial charge in [-0.1, -0.05) is 6.92 Å². The molecular weight excluding hydrogens is 293 g/mol. The number of aromatic amines is 1. The van der Waals surface area contributed by atoms with E-state index in [0.717, 1.165) is 12.1 Å². The Morgan fingerprint density at radius 1 is 1.64 bits per heavy atom. The maximum absolute atomic E-state index is 11.5. The lowest BCUT2D eigenvalue weighted by atomic mass is 10.3. The van der Waals surface area contributed by atoms with Gasteiger partial charge >= 0.3 is 0 Å². The summed E-state index contributed by atoms with van der Waals surface area (Å²) in [5.74, 6) is 0.620. The van der Waals surface area contributed by atoms with Crippen LogP contribution in [0.3, 0.4) is 0 Å². The van der Waals surface area contributed by atoms with E-state index < -0.39 is 0 Å². The first-order chi connectivity index (χ1) is 6.70. The van der Waals surface area contributed by atoms with Crippen molar-refractivity contribution in [2.75, 3.05) is 5.32 Å². The topological polar surface area (TPSA) is 57.8 Å². The molecule has 5 heteroatoms. The summed E-state index contributed by atoms with van der Waals surface area (Å²) in [5.41, 5.74) is 0.832. The number of hydrogen-bond donors (Lipinski definition) is 2. The molecular formula is C9H12IN3O. The van der Waals surface area contributed by atoms with E-state index in [4.69, 9.17) is 0 Å². The van der Waals surface area contributed by atoms with E-state index in [-0.39, 0.29) is 5.56 Å². The van der Waals surface area contributed by atoms with Gasteiger partial charge < -0.3 is 5.32 Å². The molecule has 1 aliphatic rings. The van der Waals surface area contributed by atoms with Crippen molar-refractivity contribution in [3.63, 3.8) is 0 Å². The van der Waals surface area contributed by atoms with Crippen molar-refractivity contribution in [1.29, 1.82) is 0 Å². The van der Waals surface area contributed by atoms with E-state index in [1.54, 1.807) is 0 Å². The first-order valence-corrected chi connectivity index (χ1v) is 5.83. The Labute approximate surface area is 95.7 Å². The summed E-state index contributed by atoms with van der Waals surface area (Å²) in [7, 11) is 0. The maximum Gasteiger partial charge on any atom is 0.265 e. The van der Waals surface area contributed by atoms with Gasteiger partial charge in [0.05, 0.1) is 9.26 Å². The number of aryl methyl sites for hydroxylation is 1. The third-order valence-electron chi connectivity index (χ3n) is 2.18. The first-order valence-electron chi connectivity index (χ1n) is 4.76. The molecule has 1 aromatic rings. The fraction of sp³-hybridized carbons (Fsp3) is 0.556. The predicted molar refractivity (Wildman–Crippen MR) is 63.6 cm³/mol. The van der Waals surface area contributed by atoms with Crippen LogP contribution in [-0.2, 0) is 6.42 Å². The van der Waals surface area contributed by atoms with Crippen molar-refractivity contribution in [1.82, 2.24) is 9.97 Å². The summed E-state index contributed by atoms with van der Waals surface area (Å²) >= 11 is 2.04. The van der Waals surface area contributed by atoms with E-state index >= 15 is 0 Å². The number of nitrogens with zero attached hydrogens (tertiary/aromatic N) is 1. The molecule has 0 unspecified atom stereocenters. The fourth-order valence-corrected chi connectivity index (χ4v) is 1.87. The fourth-order valence-electron chi connectivity index (χ4n) is 1.23. The van der Waals surface area contributed by atoms with Crippen LogP contribution in [0.2, 0.25) is 0 Å². The molecule has 2 N–H and O–H groups in total. The van der Waals surface area contributed by atoms with E-state index in [9.17, 15) is 4.79 Å². The Morgan fingerprint density at radius 2 is 2.36 bits per heavy atom. The van der Waals surface area contributed by atoms with Gasteiger partial charge in [-0.25, -0.2) is 4.98 Å². The summed E-state index contributed by atoms with van der Waals surface area (Å²) < 4.78 is 0.700. The highest BCUT2D eigenvalue weighted by Crippen LogP contribution is 2.22. The van der Waals surface area contributed by atoms with Gasteiger partial charge in [0.25, 0.3) is 5.56 Å². The standard InChI is InChI=1S/C9H12IN3O/c1-2-6-7(10)8(14)13-9(12-6)11-5-3-4-5/h5H,2-4H2,1H3,(H2,11,12,13,14). The summed E-state index contributed by atoms with van der Waals surface area (Å²) in [6.45, 7) is 2.00. The maximum atomic E-state index is 11.5. The van der Waals surface area contributed by atoms with Crippen LogP contribution in [0.4, 0.5) is 5.95 Å². The minimum Gasteiger partial charge on any atom is -0.353 e. The number of aromatic nitrogens is 2. The molecule has 0 aliphatic heterocycles. The number of anilines is 1. The summed E-state index contributed by atoms with van der Waals surface area (Å²) in [5, 5.41) is 3.19. The Kier molecular flexibility index (Phi) is 2.76. The van der Waals surface area contributed by atoms with E-state index in [2.05, 4.69) is 15.3 Å². The monoisotopic (exact) mass is 305 g/mol. The largest absolute Gasteiger partial charge is 0.353 e. The third kappa shape index (κ3) is 2.08. The lowest BCUT2D eigenvalue weighted by Gasteiger charge is -2.05. The van der Waals surface area contributed by atoms with Crippen LogP contribution in [-0.4, -0.2) is 16.0 Å². The molecule has 0 aromatic carbocycles. The van der Waals surface area contributed by atoms with Crippen LogP contribution < -0.4 is 10.9 Å². The van der Waals surface area contributed by atoms with Crippen molar-refractivity contribution >= 4 is 28.5 Å². The Hall–Kier alpha value is -0.590. The molecule has 76 valence electrons. The van der Waals surface area contributed by atoms with Crippen LogP contribution in [0.5, 0.6) is 0 Å². The molecule has 0 radical (unpaired) electrons. The molecule has 1 aliphatic carbocycles. The van der Waals surface area contributed by atoms with Crippen LogP contribution in [0, 0.1) is 3.57 Å². The van der Waals surface area contributed by atoms with Gasteiger partial charge in [-0.3, -0.25) is 9.78 Å². The number of rotatable bonds is 3. The average molecular weight is 305 g/mol. The molecule has 2 rings (SSSR count). The molecule has 14 heavy (non-hydrogen) atoms. The van der Waals surface area contributed by atoms with Crippen molar-refractivity contribution in [3.8, 4) is 0 Å². The zero-order valence-corrected chi connectivity index (χ0v) is 10.1. The first kappa shape index (κ1) is 9.95. The SMILES string of the molecule is CCc1nc(NC2CC2)[nH]c(=O)c1I. The molecule has 1 fully saturated rings. The summed E-state index contributed by atoms with van der Waals surface area (Å²) in [4.78, 5) is 18.6. The molecule has 1 saturated carbocycles. The number of H-pyrrole nitrogens is 1. The minimum atomic E-state index is -0.0411. The normalized spacial score (nSPS) is 15.6. The Morgan fingerprint density at radius 3 is 2.93 bits per heavy atom. The van der Waals surface area contributed by atoms with Gasteiger partial charge in [0.1, 0.15) is 0 Å². The van der Waals surface area contributed by atoms with Crippen molar-refractivity contribution < 1.29 is 0 Å². The zero-order chi connectivity index (χ0) is 10.1. The van der Waals surface area contributed by atoms with E-state index in [1.165, 1.54) is 12.8 Å². The highest BCUT2D eigenvalue weighted by atomic mass is 127. The average Bonchev–Trinajstić information content (AvgIpc) is 2.95. The van der Waals surface area contributed by atoms with Crippen LogP contribution in [0.15, 0.2) is 4.79 Å². The molecule has 0 amide bonds. The van der Waals surface area contributed by atoms with Crippen LogP contribution >= 0.6 is 22.6 Å². The van der Waals surface area contributed by atoms with Gasteiger partial charge in [-0.05, 0) is 41.9 Å². The Bertz CT molecular complexity index is 398. The molecule has 1 heterocycles. The molecule has 0 saturated heterocycles. The second kappa shape index (κ2) is 3.88. The predicted octanol–water partition coefficient (Wildman–Crippen LogP) is 1.51. The summed E-state index contributed by atoms with van der Waals surface area (Å²) in [6.07, 6.45) is 3.15. The van der Waals surface area contributed by atoms with Crippen molar-refractivity contribution in [2.24, 2.45) is 0 Å². The minimum absolute atomic E-state index is 0.0411. The Balaban J connectivity index is 2.31. The van der Waals surface area contributed by atoms with Crippen LogP contribution in [0.25, 0.3) is 0 Å². The lowest BCUT2D eigenvalue weighted by molar-refractivity contribution is 0.943. The third-order valence-corrected chi connectivity index (χ3v) is 3.30. The van der Waals surface area contributed by atoms with Gasteiger partial charge in [0.15, 0.2) is 0 Å².